The van der Waals surface area contributed by atoms with E-state index in [4.69, 9.17) is 5.11 Å². The van der Waals surface area contributed by atoms with Gasteiger partial charge in [-0.05, 0) is 12.1 Å². The number of phenolic OH excluding ortho intramolecular Hbond substituents is 1. The lowest BCUT2D eigenvalue weighted by Gasteiger charge is -1.98. The summed E-state index contributed by atoms with van der Waals surface area (Å²) in [6.07, 6.45) is 0.432. The number of hydrogen-bond donors (Lipinski definition) is 2. The predicted molar refractivity (Wildman–Crippen MR) is 48.0 cm³/mol. The molecule has 1 aromatic rings. The van der Waals surface area contributed by atoms with Gasteiger partial charge in [-0.15, -0.1) is 0 Å². The van der Waals surface area contributed by atoms with Crippen molar-refractivity contribution in [2.75, 3.05) is 0 Å². The Kier molecular flexibility index (Phi) is 2.87. The van der Waals surface area contributed by atoms with E-state index >= 15 is 0 Å². The number of aromatic hydroxyl groups is 1. The smallest absolute Gasteiger partial charge is 0.382 e. The minimum atomic E-state index is -1.29. The number of carbonyl (C=O) groups is 2. The van der Waals surface area contributed by atoms with Gasteiger partial charge in [0, 0.05) is 11.5 Å². The number of benzene rings is 1. The van der Waals surface area contributed by atoms with E-state index in [0.29, 0.717) is 6.29 Å². The lowest BCUT2D eigenvalue weighted by molar-refractivity contribution is -0.130. The number of aliphatic carboxylic acids is 1. The van der Waals surface area contributed by atoms with Gasteiger partial charge in [-0.25, -0.2) is 4.79 Å². The van der Waals surface area contributed by atoms with Crippen molar-refractivity contribution < 1.29 is 19.8 Å². The first-order chi connectivity index (χ1) is 6.65. The third-order valence-electron chi connectivity index (χ3n) is 1.51. The molecule has 0 heterocycles. The van der Waals surface area contributed by atoms with Gasteiger partial charge in [-0.2, -0.15) is 0 Å². The molecule has 14 heavy (non-hydrogen) atoms. The molecule has 0 atom stereocenters. The monoisotopic (exact) mass is 190 g/mol. The zero-order valence-electron chi connectivity index (χ0n) is 7.02. The summed E-state index contributed by atoms with van der Waals surface area (Å²) in [7, 11) is 0. The Morgan fingerprint density at radius 1 is 1.43 bits per heavy atom. The van der Waals surface area contributed by atoms with E-state index in [9.17, 15) is 14.7 Å². The molecule has 0 fully saturated rings. The molecule has 0 aliphatic carbocycles. The highest BCUT2D eigenvalue weighted by Crippen LogP contribution is 2.17. The summed E-state index contributed by atoms with van der Waals surface area (Å²) < 4.78 is 0. The van der Waals surface area contributed by atoms with Crippen LogP contribution in [0.1, 0.15) is 15.9 Å². The summed E-state index contributed by atoms with van der Waals surface area (Å²) in [5.74, 6) is 2.63. The second-order valence-corrected chi connectivity index (χ2v) is 2.41. The van der Waals surface area contributed by atoms with Crippen LogP contribution < -0.4 is 0 Å². The molecule has 0 amide bonds. The molecule has 0 aliphatic rings. The molecule has 70 valence electrons. The Hall–Kier alpha value is -2.28. The SMILES string of the molecule is O=Cc1c(O)cccc1C#CC(=O)O. The van der Waals surface area contributed by atoms with Crippen LogP contribution in [0.15, 0.2) is 18.2 Å². The highest BCUT2D eigenvalue weighted by molar-refractivity contribution is 5.89. The molecule has 0 saturated carbocycles. The number of carboxylic acids is 1. The van der Waals surface area contributed by atoms with Gasteiger partial charge in [-0.3, -0.25) is 4.79 Å². The van der Waals surface area contributed by atoms with Gasteiger partial charge in [0.05, 0.1) is 5.56 Å². The minimum absolute atomic E-state index is 0.00116. The fraction of sp³-hybridized carbons (Fsp3) is 0. The Balaban J connectivity index is 3.23. The standard InChI is InChI=1S/C10H6O4/c11-6-8-7(4-5-10(13)14)2-1-3-9(8)12/h1-3,6,12H,(H,13,14). The number of hydrogen-bond acceptors (Lipinski definition) is 3. The molecule has 1 aromatic carbocycles. The average Bonchev–Trinajstić information content (AvgIpc) is 2.14. The summed E-state index contributed by atoms with van der Waals surface area (Å²) in [5.41, 5.74) is 0.198. The van der Waals surface area contributed by atoms with Gasteiger partial charge in [-0.1, -0.05) is 12.0 Å². The molecule has 0 unspecified atom stereocenters. The van der Waals surface area contributed by atoms with E-state index in [1.54, 1.807) is 0 Å². The highest BCUT2D eigenvalue weighted by Gasteiger charge is 2.03. The fourth-order valence-corrected chi connectivity index (χ4v) is 0.907. The van der Waals surface area contributed by atoms with Gasteiger partial charge < -0.3 is 10.2 Å². The van der Waals surface area contributed by atoms with E-state index in [0.717, 1.165) is 0 Å². The molecule has 0 bridgehead atoms. The van der Waals surface area contributed by atoms with E-state index in [-0.39, 0.29) is 16.9 Å². The molecule has 4 heteroatoms. The van der Waals surface area contributed by atoms with Crippen LogP contribution >= 0.6 is 0 Å². The maximum atomic E-state index is 10.5. The quantitative estimate of drug-likeness (QED) is 0.503. The van der Waals surface area contributed by atoms with Crippen LogP contribution in [0.4, 0.5) is 0 Å². The number of carbonyl (C=O) groups excluding carboxylic acids is 1. The van der Waals surface area contributed by atoms with Crippen LogP contribution in [0.25, 0.3) is 0 Å². The van der Waals surface area contributed by atoms with Crippen LogP contribution in [0, 0.1) is 11.8 Å². The lowest BCUT2D eigenvalue weighted by atomic mass is 10.1. The van der Waals surface area contributed by atoms with Crippen LogP contribution in [0.2, 0.25) is 0 Å². The van der Waals surface area contributed by atoms with Gasteiger partial charge >= 0.3 is 5.97 Å². The van der Waals surface area contributed by atoms with Crippen molar-refractivity contribution in [2.45, 2.75) is 0 Å². The summed E-state index contributed by atoms with van der Waals surface area (Å²) in [6.45, 7) is 0. The van der Waals surface area contributed by atoms with Gasteiger partial charge in [0.1, 0.15) is 5.75 Å². The predicted octanol–water partition coefficient (Wildman–Crippen LogP) is 0.641. The molecule has 0 aliphatic heterocycles. The van der Waals surface area contributed by atoms with Crippen molar-refractivity contribution >= 4 is 12.3 Å². The second kappa shape index (κ2) is 4.10. The molecular formula is C10H6O4. The molecule has 0 saturated heterocycles. The Labute approximate surface area is 79.8 Å². The fourth-order valence-electron chi connectivity index (χ4n) is 0.907. The first-order valence-corrected chi connectivity index (χ1v) is 3.67. The van der Waals surface area contributed by atoms with E-state index in [2.05, 4.69) is 5.92 Å². The summed E-state index contributed by atoms with van der Waals surface area (Å²) in [4.78, 5) is 20.7. The van der Waals surface area contributed by atoms with Gasteiger partial charge in [0.2, 0.25) is 0 Å². The maximum Gasteiger partial charge on any atom is 0.382 e. The van der Waals surface area contributed by atoms with Crippen molar-refractivity contribution in [3.8, 4) is 17.6 Å². The van der Waals surface area contributed by atoms with Crippen molar-refractivity contribution in [1.29, 1.82) is 0 Å². The third kappa shape index (κ3) is 2.11. The number of carboxylic acid groups (broad SMARTS) is 1. The zero-order chi connectivity index (χ0) is 10.6. The normalized spacial score (nSPS) is 8.57. The molecule has 1 rings (SSSR count). The second-order valence-electron chi connectivity index (χ2n) is 2.41. The van der Waals surface area contributed by atoms with E-state index in [1.807, 2.05) is 5.92 Å². The summed E-state index contributed by atoms with van der Waals surface area (Å²) in [5, 5.41) is 17.5. The average molecular weight is 190 g/mol. The van der Waals surface area contributed by atoms with Crippen molar-refractivity contribution in [2.24, 2.45) is 0 Å². The van der Waals surface area contributed by atoms with Crippen LogP contribution in [0.5, 0.6) is 5.75 Å². The minimum Gasteiger partial charge on any atom is -0.507 e. The molecular weight excluding hydrogens is 184 g/mol. The van der Waals surface area contributed by atoms with Crippen LogP contribution in [-0.4, -0.2) is 22.5 Å². The van der Waals surface area contributed by atoms with Crippen molar-refractivity contribution in [3.05, 3.63) is 29.3 Å². The van der Waals surface area contributed by atoms with Crippen molar-refractivity contribution in [1.82, 2.24) is 0 Å². The Bertz CT molecular complexity index is 437. The van der Waals surface area contributed by atoms with Gasteiger partial charge in [0.15, 0.2) is 6.29 Å². The Morgan fingerprint density at radius 3 is 2.71 bits per heavy atom. The van der Waals surface area contributed by atoms with Crippen molar-refractivity contribution in [3.63, 3.8) is 0 Å². The van der Waals surface area contributed by atoms with Crippen LogP contribution in [-0.2, 0) is 4.79 Å². The molecule has 0 aromatic heterocycles. The molecule has 0 spiro atoms. The lowest BCUT2D eigenvalue weighted by Crippen LogP contribution is -1.91. The molecule has 0 radical (unpaired) electrons. The first-order valence-electron chi connectivity index (χ1n) is 3.67. The van der Waals surface area contributed by atoms with Crippen LogP contribution in [0.3, 0.4) is 0 Å². The molecule has 2 N–H and O–H groups in total. The zero-order valence-corrected chi connectivity index (χ0v) is 7.02. The number of phenols is 1. The maximum absolute atomic E-state index is 10.5. The topological polar surface area (TPSA) is 74.6 Å². The van der Waals surface area contributed by atoms with E-state index < -0.39 is 5.97 Å². The van der Waals surface area contributed by atoms with Gasteiger partial charge in [0.25, 0.3) is 0 Å². The highest BCUT2D eigenvalue weighted by atomic mass is 16.4. The van der Waals surface area contributed by atoms with E-state index in [1.165, 1.54) is 18.2 Å². The molecule has 4 nitrogen and oxygen atoms in total. The Morgan fingerprint density at radius 2 is 2.14 bits per heavy atom. The summed E-state index contributed by atoms with van der Waals surface area (Å²) in [6, 6.07) is 4.27. The number of aldehydes is 1. The third-order valence-corrected chi connectivity index (χ3v) is 1.51. The number of rotatable bonds is 1. The first kappa shape index (κ1) is 9.81. The largest absolute Gasteiger partial charge is 0.507 e. The summed E-state index contributed by atoms with van der Waals surface area (Å²) >= 11 is 0.